The quantitative estimate of drug-likeness (QED) is 0.712. The van der Waals surface area contributed by atoms with Gasteiger partial charge in [0.05, 0.1) is 23.5 Å². The minimum absolute atomic E-state index is 0.0228. The van der Waals surface area contributed by atoms with Crippen LogP contribution in [0, 0.1) is 0 Å². The predicted octanol–water partition coefficient (Wildman–Crippen LogP) is 1.80. The van der Waals surface area contributed by atoms with E-state index in [0.29, 0.717) is 42.6 Å². The Morgan fingerprint density at radius 1 is 1.14 bits per heavy atom. The van der Waals surface area contributed by atoms with Gasteiger partial charge in [-0.3, -0.25) is 19.0 Å². The molecule has 0 bridgehead atoms. The molecule has 1 saturated heterocycles. The second-order valence-electron chi connectivity index (χ2n) is 7.12. The topological polar surface area (TPSA) is 97.4 Å². The number of carbonyl (C=O) groups excluding carboxylic acids is 2. The zero-order valence-electron chi connectivity index (χ0n) is 15.9. The molecule has 0 unspecified atom stereocenters. The molecule has 4 rings (SSSR count). The van der Waals surface area contributed by atoms with Crippen molar-refractivity contribution < 1.29 is 14.0 Å². The number of fused-ring (bicyclic) bond motifs is 1. The molecule has 150 valence electrons. The number of nitrogens with one attached hydrogen (secondary N) is 1. The summed E-state index contributed by atoms with van der Waals surface area (Å²) in [4.78, 5) is 43.1. The third kappa shape index (κ3) is 4.21. The monoisotopic (exact) mass is 394 g/mol. The number of hydrogen-bond donors (Lipinski definition) is 1. The summed E-state index contributed by atoms with van der Waals surface area (Å²) in [5, 5.41) is 3.55. The number of para-hydroxylation sites is 1. The first-order valence-corrected chi connectivity index (χ1v) is 9.68. The van der Waals surface area contributed by atoms with Crippen molar-refractivity contribution in [3.63, 3.8) is 0 Å². The van der Waals surface area contributed by atoms with Gasteiger partial charge >= 0.3 is 0 Å². The van der Waals surface area contributed by atoms with Crippen LogP contribution in [0.1, 0.15) is 29.8 Å². The molecule has 0 radical (unpaired) electrons. The zero-order valence-corrected chi connectivity index (χ0v) is 15.9. The number of aryl methyl sites for hydroxylation is 1. The van der Waals surface area contributed by atoms with Gasteiger partial charge in [0.2, 0.25) is 5.91 Å². The smallest absolute Gasteiger partial charge is 0.289 e. The molecule has 0 saturated carbocycles. The van der Waals surface area contributed by atoms with Crippen molar-refractivity contribution in [1.29, 1.82) is 0 Å². The second-order valence-corrected chi connectivity index (χ2v) is 7.12. The minimum atomic E-state index is -0.145. The van der Waals surface area contributed by atoms with Gasteiger partial charge in [0.1, 0.15) is 0 Å². The van der Waals surface area contributed by atoms with Crippen LogP contribution in [0.4, 0.5) is 0 Å². The number of aromatic nitrogens is 2. The van der Waals surface area contributed by atoms with Crippen molar-refractivity contribution in [2.75, 3.05) is 13.1 Å². The van der Waals surface area contributed by atoms with E-state index in [1.165, 1.54) is 17.2 Å². The highest BCUT2D eigenvalue weighted by molar-refractivity contribution is 5.91. The van der Waals surface area contributed by atoms with Crippen molar-refractivity contribution in [1.82, 2.24) is 19.8 Å². The maximum atomic E-state index is 12.5. The molecule has 8 heteroatoms. The van der Waals surface area contributed by atoms with Crippen LogP contribution in [0.2, 0.25) is 0 Å². The van der Waals surface area contributed by atoms with Crippen molar-refractivity contribution in [2.45, 2.75) is 31.8 Å². The average Bonchev–Trinajstić information content (AvgIpc) is 3.28. The summed E-state index contributed by atoms with van der Waals surface area (Å²) >= 11 is 0. The summed E-state index contributed by atoms with van der Waals surface area (Å²) in [7, 11) is 0. The highest BCUT2D eigenvalue weighted by Gasteiger charge is 2.25. The molecule has 1 N–H and O–H groups in total. The summed E-state index contributed by atoms with van der Waals surface area (Å²) in [5.74, 6) is 0.103. The van der Waals surface area contributed by atoms with Crippen LogP contribution in [0.15, 0.2) is 58.2 Å². The Morgan fingerprint density at radius 2 is 1.93 bits per heavy atom. The highest BCUT2D eigenvalue weighted by atomic mass is 16.3. The number of nitrogens with zero attached hydrogens (tertiary/aromatic N) is 3. The molecule has 2 aromatic heterocycles. The highest BCUT2D eigenvalue weighted by Crippen LogP contribution is 2.14. The fourth-order valence-corrected chi connectivity index (χ4v) is 3.57. The number of hydrogen-bond acceptors (Lipinski definition) is 5. The van der Waals surface area contributed by atoms with Gasteiger partial charge in [0.25, 0.3) is 11.5 Å². The van der Waals surface area contributed by atoms with Crippen LogP contribution in [0.3, 0.4) is 0 Å². The number of benzene rings is 1. The number of amides is 2. The van der Waals surface area contributed by atoms with Gasteiger partial charge < -0.3 is 14.6 Å². The predicted molar refractivity (Wildman–Crippen MR) is 106 cm³/mol. The third-order valence-electron chi connectivity index (χ3n) is 5.19. The first kappa shape index (κ1) is 18.9. The number of likely N-dealkylation sites (tertiary alicyclic amines) is 1. The van der Waals surface area contributed by atoms with Crippen LogP contribution < -0.4 is 10.9 Å². The molecular weight excluding hydrogens is 372 g/mol. The number of carbonyl (C=O) groups is 2. The van der Waals surface area contributed by atoms with Crippen LogP contribution in [-0.2, 0) is 11.3 Å². The molecule has 1 aromatic carbocycles. The van der Waals surface area contributed by atoms with E-state index >= 15 is 0 Å². The molecule has 2 amide bonds. The summed E-state index contributed by atoms with van der Waals surface area (Å²) in [6, 6.07) is 10.5. The molecule has 0 spiro atoms. The molecule has 1 aliphatic rings. The Kier molecular flexibility index (Phi) is 5.41. The fourth-order valence-electron chi connectivity index (χ4n) is 3.57. The summed E-state index contributed by atoms with van der Waals surface area (Å²) < 4.78 is 6.62. The van der Waals surface area contributed by atoms with Crippen molar-refractivity contribution in [2.24, 2.45) is 0 Å². The zero-order chi connectivity index (χ0) is 20.2. The number of rotatable bonds is 5. The molecule has 8 nitrogen and oxygen atoms in total. The van der Waals surface area contributed by atoms with Gasteiger partial charge in [0.15, 0.2) is 5.76 Å². The minimum Gasteiger partial charge on any atom is -0.459 e. The van der Waals surface area contributed by atoms with Crippen LogP contribution in [0.25, 0.3) is 10.9 Å². The van der Waals surface area contributed by atoms with Gasteiger partial charge in [-0.05, 0) is 37.1 Å². The summed E-state index contributed by atoms with van der Waals surface area (Å²) in [6.07, 6.45) is 4.55. The second kappa shape index (κ2) is 8.30. The summed E-state index contributed by atoms with van der Waals surface area (Å²) in [5.41, 5.74) is 0.502. The molecule has 3 heterocycles. The largest absolute Gasteiger partial charge is 0.459 e. The van der Waals surface area contributed by atoms with Gasteiger partial charge in [0, 0.05) is 32.1 Å². The van der Waals surface area contributed by atoms with Gasteiger partial charge in [-0.15, -0.1) is 0 Å². The van der Waals surface area contributed by atoms with E-state index < -0.39 is 0 Å². The summed E-state index contributed by atoms with van der Waals surface area (Å²) in [6.45, 7) is 1.41. The molecule has 29 heavy (non-hydrogen) atoms. The molecule has 0 aliphatic carbocycles. The molecule has 3 aromatic rings. The Balaban J connectivity index is 1.27. The van der Waals surface area contributed by atoms with E-state index in [-0.39, 0.29) is 36.4 Å². The average molecular weight is 394 g/mol. The van der Waals surface area contributed by atoms with Crippen molar-refractivity contribution >= 4 is 22.7 Å². The Hall–Kier alpha value is -3.42. The lowest BCUT2D eigenvalue weighted by atomic mass is 10.0. The Labute approximate surface area is 167 Å². The van der Waals surface area contributed by atoms with E-state index in [1.54, 1.807) is 35.2 Å². The van der Waals surface area contributed by atoms with Crippen LogP contribution >= 0.6 is 0 Å². The SMILES string of the molecule is O=C(CCn1cnc2ccccc2c1=O)NC1CCN(C(=O)c2ccco2)CC1. The van der Waals surface area contributed by atoms with Crippen molar-refractivity contribution in [3.8, 4) is 0 Å². The first-order valence-electron chi connectivity index (χ1n) is 9.68. The van der Waals surface area contributed by atoms with E-state index in [9.17, 15) is 14.4 Å². The number of furan rings is 1. The molecule has 1 fully saturated rings. The van der Waals surface area contributed by atoms with E-state index in [4.69, 9.17) is 4.42 Å². The fraction of sp³-hybridized carbons (Fsp3) is 0.333. The standard InChI is InChI=1S/C21H22N4O4/c26-19(9-12-25-14-22-17-5-2-1-4-16(17)20(25)27)23-15-7-10-24(11-8-15)21(28)18-6-3-13-29-18/h1-6,13-15H,7-12H2,(H,23,26). The lowest BCUT2D eigenvalue weighted by Gasteiger charge is -2.31. The van der Waals surface area contributed by atoms with Crippen LogP contribution in [-0.4, -0.2) is 45.4 Å². The van der Waals surface area contributed by atoms with E-state index in [2.05, 4.69) is 10.3 Å². The lowest BCUT2D eigenvalue weighted by molar-refractivity contribution is -0.122. The third-order valence-corrected chi connectivity index (χ3v) is 5.19. The normalized spacial score (nSPS) is 14.8. The maximum Gasteiger partial charge on any atom is 0.289 e. The van der Waals surface area contributed by atoms with Crippen LogP contribution in [0.5, 0.6) is 0 Å². The first-order chi connectivity index (χ1) is 14.1. The van der Waals surface area contributed by atoms with E-state index in [0.717, 1.165) is 0 Å². The molecular formula is C21H22N4O4. The maximum absolute atomic E-state index is 12.5. The van der Waals surface area contributed by atoms with E-state index in [1.807, 2.05) is 6.07 Å². The van der Waals surface area contributed by atoms with Gasteiger partial charge in [-0.25, -0.2) is 4.98 Å². The Morgan fingerprint density at radius 3 is 2.69 bits per heavy atom. The Bertz CT molecular complexity index is 1070. The number of piperidine rings is 1. The molecule has 0 atom stereocenters. The lowest BCUT2D eigenvalue weighted by Crippen LogP contribution is -2.46. The van der Waals surface area contributed by atoms with Gasteiger partial charge in [-0.1, -0.05) is 12.1 Å². The van der Waals surface area contributed by atoms with Crippen molar-refractivity contribution in [3.05, 3.63) is 65.1 Å². The van der Waals surface area contributed by atoms with Gasteiger partial charge in [-0.2, -0.15) is 0 Å². The molecule has 1 aliphatic heterocycles.